The summed E-state index contributed by atoms with van der Waals surface area (Å²) < 4.78 is 20.7. The first-order valence-corrected chi connectivity index (χ1v) is 14.2. The van der Waals surface area contributed by atoms with Crippen molar-refractivity contribution in [3.8, 4) is 5.75 Å². The number of aliphatic carboxylic acids is 1. The molecule has 1 N–H and O–H groups in total. The van der Waals surface area contributed by atoms with Crippen LogP contribution in [0.15, 0.2) is 30.5 Å². The summed E-state index contributed by atoms with van der Waals surface area (Å²) in [5.74, 6) is 0.689. The van der Waals surface area contributed by atoms with Crippen molar-refractivity contribution in [3.05, 3.63) is 36.0 Å². The van der Waals surface area contributed by atoms with Crippen molar-refractivity contribution in [2.45, 2.75) is 69.2 Å². The van der Waals surface area contributed by atoms with Crippen molar-refractivity contribution < 1.29 is 19.0 Å². The van der Waals surface area contributed by atoms with Crippen LogP contribution in [-0.4, -0.2) is 58.7 Å². The summed E-state index contributed by atoms with van der Waals surface area (Å²) in [5, 5.41) is 11.5. The Labute approximate surface area is 212 Å². The maximum atomic E-state index is 15.4. The molecule has 1 saturated carbocycles. The Balaban J connectivity index is 1.28. The van der Waals surface area contributed by atoms with Crippen LogP contribution in [0.25, 0.3) is 10.9 Å². The third kappa shape index (κ3) is 7.10. The van der Waals surface area contributed by atoms with Gasteiger partial charge < -0.3 is 14.7 Å². The van der Waals surface area contributed by atoms with E-state index in [1.54, 1.807) is 19.4 Å². The Morgan fingerprint density at radius 2 is 2.09 bits per heavy atom. The molecule has 5 nitrogen and oxygen atoms in total. The molecule has 0 amide bonds. The van der Waals surface area contributed by atoms with Crippen LogP contribution in [0.3, 0.4) is 0 Å². The van der Waals surface area contributed by atoms with Gasteiger partial charge in [-0.25, -0.2) is 4.39 Å². The molecule has 1 saturated heterocycles. The number of halogens is 1. The number of methoxy groups -OCH3 is 1. The number of nitrogens with zero attached hydrogens (tertiary/aromatic N) is 2. The van der Waals surface area contributed by atoms with E-state index in [9.17, 15) is 9.90 Å². The molecule has 2 heterocycles. The first-order valence-electron chi connectivity index (χ1n) is 13.2. The van der Waals surface area contributed by atoms with Crippen LogP contribution in [0, 0.1) is 11.8 Å². The molecule has 2 fully saturated rings. The third-order valence-electron chi connectivity index (χ3n) is 7.79. The van der Waals surface area contributed by atoms with E-state index >= 15 is 4.39 Å². The lowest BCUT2D eigenvalue weighted by Crippen LogP contribution is -2.44. The Morgan fingerprint density at radius 3 is 2.86 bits per heavy atom. The van der Waals surface area contributed by atoms with Crippen molar-refractivity contribution >= 4 is 28.6 Å². The number of thioether (sulfide) groups is 1. The third-order valence-corrected chi connectivity index (χ3v) is 9.26. The van der Waals surface area contributed by atoms with Crippen LogP contribution in [-0.2, 0) is 4.79 Å². The zero-order chi connectivity index (χ0) is 24.6. The minimum absolute atomic E-state index is 0.0150. The van der Waals surface area contributed by atoms with E-state index in [-0.39, 0.29) is 5.92 Å². The van der Waals surface area contributed by atoms with Crippen LogP contribution >= 0.6 is 11.8 Å². The van der Waals surface area contributed by atoms with E-state index in [4.69, 9.17) is 4.74 Å². The molecule has 3 atom stereocenters. The molecular formula is C28H39FN2O3S. The number of benzene rings is 1. The van der Waals surface area contributed by atoms with Gasteiger partial charge in [0.1, 0.15) is 11.9 Å². The zero-order valence-corrected chi connectivity index (χ0v) is 21.6. The van der Waals surface area contributed by atoms with Gasteiger partial charge in [0, 0.05) is 23.4 Å². The summed E-state index contributed by atoms with van der Waals surface area (Å²) in [5.41, 5.74) is 1.35. The smallest absolute Gasteiger partial charge is 0.308 e. The van der Waals surface area contributed by atoms with Gasteiger partial charge in [-0.05, 0) is 93.1 Å². The fraction of sp³-hybridized carbons (Fsp3) is 0.643. The molecule has 2 aliphatic rings. The van der Waals surface area contributed by atoms with E-state index in [0.29, 0.717) is 30.7 Å². The number of rotatable bonds is 11. The molecule has 1 aromatic carbocycles. The minimum atomic E-state index is -1.16. The van der Waals surface area contributed by atoms with Crippen LogP contribution in [0.2, 0.25) is 0 Å². The summed E-state index contributed by atoms with van der Waals surface area (Å²) in [4.78, 5) is 18.7. The van der Waals surface area contributed by atoms with Gasteiger partial charge in [-0.15, -0.1) is 0 Å². The second-order valence-electron chi connectivity index (χ2n) is 10.1. The quantitative estimate of drug-likeness (QED) is 0.353. The van der Waals surface area contributed by atoms with E-state index in [0.717, 1.165) is 47.8 Å². The molecule has 0 spiro atoms. The van der Waals surface area contributed by atoms with Gasteiger partial charge in [0.05, 0.1) is 18.5 Å². The van der Waals surface area contributed by atoms with Crippen LogP contribution in [0.4, 0.5) is 4.39 Å². The second kappa shape index (κ2) is 12.9. The van der Waals surface area contributed by atoms with Crippen LogP contribution in [0.1, 0.15) is 69.5 Å². The van der Waals surface area contributed by atoms with Gasteiger partial charge in [0.2, 0.25) is 0 Å². The maximum Gasteiger partial charge on any atom is 0.308 e. The number of fused-ring (bicyclic) bond motifs is 1. The number of alkyl halides is 1. The summed E-state index contributed by atoms with van der Waals surface area (Å²) in [6, 6.07) is 7.23. The van der Waals surface area contributed by atoms with Crippen molar-refractivity contribution in [2.24, 2.45) is 11.8 Å². The monoisotopic (exact) mass is 502 g/mol. The first kappa shape index (κ1) is 26.2. The molecule has 0 unspecified atom stereocenters. The number of hydrogen-bond acceptors (Lipinski definition) is 5. The van der Waals surface area contributed by atoms with E-state index in [2.05, 4.69) is 21.6 Å². The van der Waals surface area contributed by atoms with Crippen molar-refractivity contribution in [1.82, 2.24) is 9.88 Å². The van der Waals surface area contributed by atoms with Crippen molar-refractivity contribution in [3.63, 3.8) is 0 Å². The van der Waals surface area contributed by atoms with E-state index < -0.39 is 18.1 Å². The van der Waals surface area contributed by atoms with Gasteiger partial charge in [0.25, 0.3) is 0 Å². The van der Waals surface area contributed by atoms with Crippen molar-refractivity contribution in [1.29, 1.82) is 0 Å². The lowest BCUT2D eigenvalue weighted by atomic mass is 9.81. The number of carboxylic acid groups (broad SMARTS) is 1. The Hall–Kier alpha value is -1.86. The predicted octanol–water partition coefficient (Wildman–Crippen LogP) is 6.51. The van der Waals surface area contributed by atoms with Gasteiger partial charge >= 0.3 is 5.97 Å². The second-order valence-corrected chi connectivity index (χ2v) is 11.5. The number of aromatic nitrogens is 1. The topological polar surface area (TPSA) is 62.7 Å². The highest BCUT2D eigenvalue weighted by Crippen LogP contribution is 2.35. The lowest BCUT2D eigenvalue weighted by molar-refractivity contribution is -0.146. The molecule has 35 heavy (non-hydrogen) atoms. The average molecular weight is 503 g/mol. The zero-order valence-electron chi connectivity index (χ0n) is 20.8. The highest BCUT2D eigenvalue weighted by atomic mass is 32.2. The molecule has 0 radical (unpaired) electrons. The summed E-state index contributed by atoms with van der Waals surface area (Å²) in [7, 11) is 1.60. The highest BCUT2D eigenvalue weighted by molar-refractivity contribution is 7.99. The average Bonchev–Trinajstić information content (AvgIpc) is 2.89. The molecule has 0 bridgehead atoms. The summed E-state index contributed by atoms with van der Waals surface area (Å²) >= 11 is 2.11. The van der Waals surface area contributed by atoms with Gasteiger partial charge in [-0.1, -0.05) is 19.3 Å². The largest absolute Gasteiger partial charge is 0.497 e. The minimum Gasteiger partial charge on any atom is -0.497 e. The Kier molecular flexibility index (Phi) is 9.67. The van der Waals surface area contributed by atoms with E-state index in [1.165, 1.54) is 32.1 Å². The molecule has 4 rings (SSSR count). The molecule has 192 valence electrons. The highest BCUT2D eigenvalue weighted by Gasteiger charge is 2.34. The number of hydrogen-bond donors (Lipinski definition) is 1. The fourth-order valence-electron chi connectivity index (χ4n) is 5.73. The van der Waals surface area contributed by atoms with Crippen molar-refractivity contribution in [2.75, 3.05) is 32.5 Å². The number of piperidine rings is 1. The Morgan fingerprint density at radius 1 is 1.26 bits per heavy atom. The number of ether oxygens (including phenoxy) is 1. The number of carbonyl (C=O) groups is 1. The van der Waals surface area contributed by atoms with Crippen LogP contribution < -0.4 is 4.74 Å². The molecule has 1 aliphatic heterocycles. The van der Waals surface area contributed by atoms with Gasteiger partial charge in [-0.3, -0.25) is 9.78 Å². The SMILES string of the molecule is COc1ccc2nccc([C@@H](F)CC[C@@H]3CCN(CCCSC4CCCCC4)C[C@@H]3C(=O)O)c2c1. The number of carboxylic acids is 1. The van der Waals surface area contributed by atoms with Crippen LogP contribution in [0.5, 0.6) is 5.75 Å². The molecule has 1 aromatic heterocycles. The normalized spacial score (nSPS) is 22.8. The standard InChI is InChI=1S/C28H39FN2O3S/c1-34-21-9-11-27-24(18-21)23(12-14-30-27)26(29)10-8-20-13-16-31(19-25(20)28(32)33)15-5-17-35-22-6-3-2-4-7-22/h9,11-12,14,18,20,22,25-26H,2-8,10,13,15-17,19H2,1H3,(H,32,33)/t20-,25+,26+/m1/s1. The van der Waals surface area contributed by atoms with Gasteiger partial charge in [-0.2, -0.15) is 11.8 Å². The first-order chi connectivity index (χ1) is 17.0. The summed E-state index contributed by atoms with van der Waals surface area (Å²) in [6.45, 7) is 2.46. The lowest BCUT2D eigenvalue weighted by Gasteiger charge is -2.37. The Bertz CT molecular complexity index is 968. The molecule has 2 aromatic rings. The number of pyridine rings is 1. The predicted molar refractivity (Wildman–Crippen MR) is 141 cm³/mol. The maximum absolute atomic E-state index is 15.4. The molecule has 7 heteroatoms. The van der Waals surface area contributed by atoms with Gasteiger partial charge in [0.15, 0.2) is 0 Å². The van der Waals surface area contributed by atoms with E-state index in [1.807, 2.05) is 18.2 Å². The fourth-order valence-corrected chi connectivity index (χ4v) is 7.02. The molecular weight excluding hydrogens is 463 g/mol. The molecule has 1 aliphatic carbocycles. The summed E-state index contributed by atoms with van der Waals surface area (Å²) in [6.07, 6.45) is 10.2. The number of likely N-dealkylation sites (tertiary alicyclic amines) is 1.